The molecule has 1 nitrogen and oxygen atoms in total. The molecule has 1 radical (unpaired) electrons. The third-order valence-corrected chi connectivity index (χ3v) is 1.50. The van der Waals surface area contributed by atoms with E-state index < -0.39 is 0 Å². The molecule has 0 bridgehead atoms. The molecule has 0 saturated heterocycles. The minimum atomic E-state index is 0.714. The molecule has 1 aromatic rings. The van der Waals surface area contributed by atoms with Gasteiger partial charge in [-0.25, -0.2) is 0 Å². The maximum atomic E-state index is 5.44. The third kappa shape index (κ3) is 3.54. The van der Waals surface area contributed by atoms with Crippen LogP contribution in [-0.4, -0.2) is 6.61 Å². The van der Waals surface area contributed by atoms with Crippen LogP contribution < -0.4 is 0 Å². The molecular formula is C11H15O. The van der Waals surface area contributed by atoms with Crippen LogP contribution in [0.4, 0.5) is 0 Å². The topological polar surface area (TPSA) is 9.23 Å². The van der Waals surface area contributed by atoms with E-state index in [2.05, 4.69) is 26.0 Å². The van der Waals surface area contributed by atoms with Crippen LogP contribution in [0.1, 0.15) is 19.4 Å². The number of rotatable bonds is 4. The van der Waals surface area contributed by atoms with E-state index in [0.717, 1.165) is 6.61 Å². The van der Waals surface area contributed by atoms with Gasteiger partial charge in [-0.15, -0.1) is 0 Å². The molecule has 0 unspecified atom stereocenters. The summed E-state index contributed by atoms with van der Waals surface area (Å²) in [5, 5.41) is 0. The van der Waals surface area contributed by atoms with Crippen LogP contribution in [-0.2, 0) is 11.3 Å². The summed E-state index contributed by atoms with van der Waals surface area (Å²) in [5.41, 5.74) is 1.23. The molecule has 1 heteroatoms. The zero-order valence-electron chi connectivity index (χ0n) is 7.71. The van der Waals surface area contributed by atoms with Crippen molar-refractivity contribution in [2.24, 2.45) is 0 Å². The Labute approximate surface area is 74.4 Å². The van der Waals surface area contributed by atoms with Crippen molar-refractivity contribution in [3.63, 3.8) is 0 Å². The lowest BCUT2D eigenvalue weighted by Gasteiger charge is -2.05. The highest BCUT2D eigenvalue weighted by atomic mass is 16.5. The average Bonchev–Trinajstić information content (AvgIpc) is 2.05. The van der Waals surface area contributed by atoms with E-state index in [4.69, 9.17) is 4.74 Å². The van der Waals surface area contributed by atoms with Crippen LogP contribution in [0.5, 0.6) is 0 Å². The predicted molar refractivity (Wildman–Crippen MR) is 50.7 cm³/mol. The van der Waals surface area contributed by atoms with Crippen molar-refractivity contribution in [2.45, 2.75) is 20.5 Å². The van der Waals surface area contributed by atoms with Gasteiger partial charge in [0.15, 0.2) is 0 Å². The third-order valence-electron chi connectivity index (χ3n) is 1.50. The van der Waals surface area contributed by atoms with E-state index >= 15 is 0 Å². The molecule has 65 valence electrons. The van der Waals surface area contributed by atoms with Crippen LogP contribution in [0.3, 0.4) is 0 Å². The van der Waals surface area contributed by atoms with Gasteiger partial charge in [0, 0.05) is 0 Å². The Balaban J connectivity index is 2.25. The van der Waals surface area contributed by atoms with Crippen molar-refractivity contribution in [1.82, 2.24) is 0 Å². The SMILES string of the molecule is C[C](C)COCc1ccccc1. The fourth-order valence-electron chi connectivity index (χ4n) is 0.947. The predicted octanol–water partition coefficient (Wildman–Crippen LogP) is 2.82. The number of hydrogen-bond acceptors (Lipinski definition) is 1. The largest absolute Gasteiger partial charge is 0.376 e. The minimum Gasteiger partial charge on any atom is -0.376 e. The summed E-state index contributed by atoms with van der Waals surface area (Å²) in [6.07, 6.45) is 0. The van der Waals surface area contributed by atoms with Gasteiger partial charge in [-0.1, -0.05) is 44.2 Å². The average molecular weight is 163 g/mol. The zero-order chi connectivity index (χ0) is 8.81. The smallest absolute Gasteiger partial charge is 0.0717 e. The molecule has 12 heavy (non-hydrogen) atoms. The highest BCUT2D eigenvalue weighted by molar-refractivity contribution is 5.13. The second kappa shape index (κ2) is 4.94. The molecule has 0 heterocycles. The Kier molecular flexibility index (Phi) is 3.81. The van der Waals surface area contributed by atoms with Gasteiger partial charge < -0.3 is 4.74 Å². The number of hydrogen-bond donors (Lipinski definition) is 0. The van der Waals surface area contributed by atoms with E-state index in [0.29, 0.717) is 6.61 Å². The molecule has 0 aliphatic rings. The maximum absolute atomic E-state index is 5.44. The molecule has 0 aromatic heterocycles. The molecule has 0 aliphatic carbocycles. The van der Waals surface area contributed by atoms with E-state index in [9.17, 15) is 0 Å². The van der Waals surface area contributed by atoms with Crippen LogP contribution in [0.15, 0.2) is 30.3 Å². The van der Waals surface area contributed by atoms with Crippen LogP contribution in [0.2, 0.25) is 0 Å². The lowest BCUT2D eigenvalue weighted by Crippen LogP contribution is -1.99. The van der Waals surface area contributed by atoms with Gasteiger partial charge in [-0.3, -0.25) is 0 Å². The maximum Gasteiger partial charge on any atom is 0.0717 e. The monoisotopic (exact) mass is 163 g/mol. The van der Waals surface area contributed by atoms with E-state index in [1.54, 1.807) is 0 Å². The quantitative estimate of drug-likeness (QED) is 0.663. The van der Waals surface area contributed by atoms with Gasteiger partial charge in [-0.2, -0.15) is 0 Å². The van der Waals surface area contributed by atoms with Gasteiger partial charge in [0.05, 0.1) is 13.2 Å². The Morgan fingerprint density at radius 2 is 1.83 bits per heavy atom. The lowest BCUT2D eigenvalue weighted by molar-refractivity contribution is 0.131. The molecular weight excluding hydrogens is 148 g/mol. The first-order valence-corrected chi connectivity index (χ1v) is 4.20. The summed E-state index contributed by atoms with van der Waals surface area (Å²) in [6.45, 7) is 5.62. The molecule has 0 N–H and O–H groups in total. The van der Waals surface area contributed by atoms with Crippen molar-refractivity contribution in [3.8, 4) is 0 Å². The van der Waals surface area contributed by atoms with Gasteiger partial charge in [0.1, 0.15) is 0 Å². The first-order chi connectivity index (χ1) is 5.79. The van der Waals surface area contributed by atoms with Crippen molar-refractivity contribution >= 4 is 0 Å². The molecule has 1 aromatic carbocycles. The van der Waals surface area contributed by atoms with E-state index in [-0.39, 0.29) is 0 Å². The van der Waals surface area contributed by atoms with Crippen molar-refractivity contribution in [3.05, 3.63) is 41.8 Å². The second-order valence-corrected chi connectivity index (χ2v) is 3.19. The fraction of sp³-hybridized carbons (Fsp3) is 0.364. The standard InChI is InChI=1S/C11H15O/c1-10(2)8-12-9-11-6-4-3-5-7-11/h3-7H,8-9H2,1-2H3. The minimum absolute atomic E-state index is 0.714. The van der Waals surface area contributed by atoms with Gasteiger partial charge in [-0.05, 0) is 11.5 Å². The molecule has 0 amide bonds. The Hall–Kier alpha value is -0.820. The summed E-state index contributed by atoms with van der Waals surface area (Å²) in [5.74, 6) is 1.31. The summed E-state index contributed by atoms with van der Waals surface area (Å²) < 4.78 is 5.44. The van der Waals surface area contributed by atoms with Gasteiger partial charge >= 0.3 is 0 Å². The van der Waals surface area contributed by atoms with Crippen molar-refractivity contribution in [1.29, 1.82) is 0 Å². The molecule has 0 atom stereocenters. The highest BCUT2D eigenvalue weighted by Crippen LogP contribution is 2.02. The molecule has 0 aliphatic heterocycles. The summed E-state index contributed by atoms with van der Waals surface area (Å²) in [4.78, 5) is 0. The van der Waals surface area contributed by atoms with Crippen LogP contribution >= 0.6 is 0 Å². The van der Waals surface area contributed by atoms with E-state index in [1.165, 1.54) is 11.5 Å². The molecule has 1 rings (SSSR count). The van der Waals surface area contributed by atoms with Crippen molar-refractivity contribution in [2.75, 3.05) is 6.61 Å². The molecule has 0 fully saturated rings. The van der Waals surface area contributed by atoms with Crippen molar-refractivity contribution < 1.29 is 4.74 Å². The summed E-state index contributed by atoms with van der Waals surface area (Å²) in [7, 11) is 0. The fourth-order valence-corrected chi connectivity index (χ4v) is 0.947. The summed E-state index contributed by atoms with van der Waals surface area (Å²) >= 11 is 0. The highest BCUT2D eigenvalue weighted by Gasteiger charge is 1.94. The van der Waals surface area contributed by atoms with Gasteiger partial charge in [0.25, 0.3) is 0 Å². The molecule has 0 saturated carbocycles. The molecule has 0 spiro atoms. The van der Waals surface area contributed by atoms with Gasteiger partial charge in [0.2, 0.25) is 0 Å². The van der Waals surface area contributed by atoms with E-state index in [1.807, 2.05) is 18.2 Å². The Morgan fingerprint density at radius 1 is 1.17 bits per heavy atom. The Bertz CT molecular complexity index is 204. The first kappa shape index (κ1) is 9.27. The zero-order valence-corrected chi connectivity index (χ0v) is 7.71. The van der Waals surface area contributed by atoms with Crippen LogP contribution in [0.25, 0.3) is 0 Å². The second-order valence-electron chi connectivity index (χ2n) is 3.19. The Morgan fingerprint density at radius 3 is 2.42 bits per heavy atom. The van der Waals surface area contributed by atoms with Crippen LogP contribution in [0, 0.1) is 5.92 Å². The summed E-state index contributed by atoms with van der Waals surface area (Å²) in [6, 6.07) is 10.2. The number of benzene rings is 1. The lowest BCUT2D eigenvalue weighted by atomic mass is 10.2. The normalized spacial score (nSPS) is 10.6. The first-order valence-electron chi connectivity index (χ1n) is 4.20. The number of ether oxygens (including phenoxy) is 1.